The molecule has 2 unspecified atom stereocenters. The molecule has 1 aromatic heterocycles. The number of aromatic nitrogens is 2. The van der Waals surface area contributed by atoms with Crippen molar-refractivity contribution in [3.05, 3.63) is 12.3 Å². The lowest BCUT2D eigenvalue weighted by Crippen LogP contribution is -2.48. The smallest absolute Gasteiger partial charge is 0.229 e. The molecule has 18 heavy (non-hydrogen) atoms. The molecule has 2 aliphatic rings. The van der Waals surface area contributed by atoms with Crippen LogP contribution in [0.5, 0.6) is 5.88 Å². The fourth-order valence-electron chi connectivity index (χ4n) is 3.23. The van der Waals surface area contributed by atoms with Crippen molar-refractivity contribution >= 4 is 5.95 Å². The lowest BCUT2D eigenvalue weighted by molar-refractivity contribution is 0.324. The number of anilines is 1. The maximum Gasteiger partial charge on any atom is 0.229 e. The monoisotopic (exact) mass is 248 g/mol. The van der Waals surface area contributed by atoms with Crippen LogP contribution in [0.1, 0.15) is 32.6 Å². The third-order valence-electron chi connectivity index (χ3n) is 3.91. The van der Waals surface area contributed by atoms with Gasteiger partial charge in [0.15, 0.2) is 0 Å². The van der Waals surface area contributed by atoms with E-state index in [9.17, 15) is 0 Å². The van der Waals surface area contributed by atoms with E-state index in [-0.39, 0.29) is 0 Å². The lowest BCUT2D eigenvalue weighted by atomic mass is 9.99. The van der Waals surface area contributed by atoms with Gasteiger partial charge in [-0.05, 0) is 32.6 Å². The van der Waals surface area contributed by atoms with E-state index >= 15 is 0 Å². The van der Waals surface area contributed by atoms with E-state index in [1.54, 1.807) is 6.20 Å². The van der Waals surface area contributed by atoms with E-state index in [2.05, 4.69) is 14.9 Å². The van der Waals surface area contributed by atoms with Crippen molar-refractivity contribution in [3.8, 4) is 5.88 Å². The minimum absolute atomic E-state index is 0.342. The van der Waals surface area contributed by atoms with Crippen LogP contribution in [0.4, 0.5) is 5.95 Å². The number of rotatable bonds is 3. The van der Waals surface area contributed by atoms with Crippen LogP contribution in [0.15, 0.2) is 12.3 Å². The molecule has 2 saturated heterocycles. The molecule has 2 fully saturated rings. The number of nitrogens with zero attached hydrogens (tertiary/aromatic N) is 3. The third kappa shape index (κ3) is 2.03. The highest BCUT2D eigenvalue weighted by atomic mass is 16.5. The number of fused-ring (bicyclic) bond motifs is 2. The van der Waals surface area contributed by atoms with Crippen molar-refractivity contribution in [2.75, 3.05) is 11.5 Å². The molecule has 3 rings (SSSR count). The minimum atomic E-state index is 0.342. The molecule has 5 nitrogen and oxygen atoms in total. The average molecular weight is 248 g/mol. The Labute approximate surface area is 107 Å². The van der Waals surface area contributed by atoms with E-state index in [1.807, 2.05) is 13.0 Å². The van der Waals surface area contributed by atoms with Crippen LogP contribution in [-0.2, 0) is 0 Å². The van der Waals surface area contributed by atoms with E-state index in [0.717, 1.165) is 18.8 Å². The van der Waals surface area contributed by atoms with Gasteiger partial charge in [0, 0.05) is 30.4 Å². The Balaban J connectivity index is 1.84. The maximum atomic E-state index is 6.08. The normalized spacial score (nSPS) is 30.6. The highest BCUT2D eigenvalue weighted by molar-refractivity contribution is 5.38. The minimum Gasteiger partial charge on any atom is -0.478 e. The zero-order chi connectivity index (χ0) is 12.5. The molecule has 1 aromatic rings. The number of hydrogen-bond acceptors (Lipinski definition) is 5. The topological polar surface area (TPSA) is 64.3 Å². The van der Waals surface area contributed by atoms with Gasteiger partial charge in [-0.1, -0.05) is 0 Å². The first-order valence-electron chi connectivity index (χ1n) is 6.77. The summed E-state index contributed by atoms with van der Waals surface area (Å²) in [5.74, 6) is 1.47. The Bertz CT molecular complexity index is 411. The zero-order valence-electron chi connectivity index (χ0n) is 10.7. The van der Waals surface area contributed by atoms with Crippen LogP contribution in [-0.4, -0.2) is 34.7 Å². The summed E-state index contributed by atoms with van der Waals surface area (Å²) >= 11 is 0. The Morgan fingerprint density at radius 2 is 2.11 bits per heavy atom. The second-order valence-electron chi connectivity index (χ2n) is 5.15. The molecule has 3 heterocycles. The Morgan fingerprint density at radius 1 is 1.39 bits per heavy atom. The average Bonchev–Trinajstić information content (AvgIpc) is 2.63. The van der Waals surface area contributed by atoms with Gasteiger partial charge in [0.05, 0.1) is 6.61 Å². The van der Waals surface area contributed by atoms with Crippen LogP contribution < -0.4 is 15.4 Å². The van der Waals surface area contributed by atoms with Crippen molar-refractivity contribution in [1.29, 1.82) is 0 Å². The van der Waals surface area contributed by atoms with Crippen molar-refractivity contribution in [2.45, 2.75) is 50.7 Å². The van der Waals surface area contributed by atoms with Crippen LogP contribution in [0.2, 0.25) is 0 Å². The van der Waals surface area contributed by atoms with Gasteiger partial charge >= 0.3 is 0 Å². The molecule has 2 atom stereocenters. The molecule has 2 bridgehead atoms. The number of nitrogens with two attached hydrogens (primary N) is 1. The molecular formula is C13H20N4O. The maximum absolute atomic E-state index is 6.08. The van der Waals surface area contributed by atoms with Crippen LogP contribution in [0, 0.1) is 0 Å². The largest absolute Gasteiger partial charge is 0.478 e. The first-order valence-corrected chi connectivity index (χ1v) is 6.77. The highest BCUT2D eigenvalue weighted by Gasteiger charge is 2.40. The third-order valence-corrected chi connectivity index (χ3v) is 3.91. The van der Waals surface area contributed by atoms with Gasteiger partial charge in [-0.25, -0.2) is 4.98 Å². The molecule has 98 valence electrons. The zero-order valence-corrected chi connectivity index (χ0v) is 10.7. The second kappa shape index (κ2) is 4.72. The van der Waals surface area contributed by atoms with Crippen molar-refractivity contribution in [1.82, 2.24) is 9.97 Å². The fourth-order valence-corrected chi connectivity index (χ4v) is 3.23. The highest BCUT2D eigenvalue weighted by Crippen LogP contribution is 2.37. The molecule has 0 aliphatic carbocycles. The Kier molecular flexibility index (Phi) is 3.07. The molecular weight excluding hydrogens is 228 g/mol. The van der Waals surface area contributed by atoms with E-state index in [1.165, 1.54) is 12.8 Å². The van der Waals surface area contributed by atoms with Crippen molar-refractivity contribution in [3.63, 3.8) is 0 Å². The summed E-state index contributed by atoms with van der Waals surface area (Å²) in [6, 6.07) is 3.17. The summed E-state index contributed by atoms with van der Waals surface area (Å²) in [7, 11) is 0. The molecule has 0 amide bonds. The first-order chi connectivity index (χ1) is 8.78. The molecule has 2 aliphatic heterocycles. The summed E-state index contributed by atoms with van der Waals surface area (Å²) < 4.78 is 5.45. The Morgan fingerprint density at radius 3 is 2.78 bits per heavy atom. The number of hydrogen-bond donors (Lipinski definition) is 1. The quantitative estimate of drug-likeness (QED) is 0.874. The van der Waals surface area contributed by atoms with Gasteiger partial charge < -0.3 is 15.4 Å². The molecule has 0 spiro atoms. The predicted molar refractivity (Wildman–Crippen MR) is 69.7 cm³/mol. The SMILES string of the molecule is CCOc1ccnc(N2C3CCC2CC(N)C3)n1. The second-order valence-corrected chi connectivity index (χ2v) is 5.15. The van der Waals surface area contributed by atoms with E-state index in [4.69, 9.17) is 10.5 Å². The molecule has 0 radical (unpaired) electrons. The molecule has 0 saturated carbocycles. The van der Waals surface area contributed by atoms with Crippen LogP contribution >= 0.6 is 0 Å². The van der Waals surface area contributed by atoms with Gasteiger partial charge in [-0.2, -0.15) is 4.98 Å². The van der Waals surface area contributed by atoms with E-state index in [0.29, 0.717) is 30.6 Å². The molecule has 5 heteroatoms. The lowest BCUT2D eigenvalue weighted by Gasteiger charge is -2.37. The van der Waals surface area contributed by atoms with Crippen LogP contribution in [0.25, 0.3) is 0 Å². The van der Waals surface area contributed by atoms with Gasteiger partial charge in [0.1, 0.15) is 0 Å². The van der Waals surface area contributed by atoms with Gasteiger partial charge in [-0.3, -0.25) is 0 Å². The Hall–Kier alpha value is -1.36. The molecule has 2 N–H and O–H groups in total. The summed E-state index contributed by atoms with van der Waals surface area (Å²) in [5.41, 5.74) is 6.08. The summed E-state index contributed by atoms with van der Waals surface area (Å²) in [5, 5.41) is 0. The van der Waals surface area contributed by atoms with Gasteiger partial charge in [-0.15, -0.1) is 0 Å². The predicted octanol–water partition coefficient (Wildman–Crippen LogP) is 1.33. The van der Waals surface area contributed by atoms with Crippen LogP contribution in [0.3, 0.4) is 0 Å². The van der Waals surface area contributed by atoms with Crippen molar-refractivity contribution in [2.24, 2.45) is 5.73 Å². The number of ether oxygens (including phenoxy) is 1. The standard InChI is InChI=1S/C13H20N4O/c1-2-18-12-5-6-15-13(16-12)17-10-3-4-11(17)8-9(14)7-10/h5-6,9-11H,2-4,7-8,14H2,1H3. The fraction of sp³-hybridized carbons (Fsp3) is 0.692. The summed E-state index contributed by atoms with van der Waals surface area (Å²) in [6.45, 7) is 2.60. The van der Waals surface area contributed by atoms with Crippen molar-refractivity contribution < 1.29 is 4.74 Å². The summed E-state index contributed by atoms with van der Waals surface area (Å²) in [6.07, 6.45) is 6.31. The van der Waals surface area contributed by atoms with Gasteiger partial charge in [0.2, 0.25) is 11.8 Å². The van der Waals surface area contributed by atoms with Gasteiger partial charge in [0.25, 0.3) is 0 Å². The molecule has 0 aromatic carbocycles. The number of piperidine rings is 1. The summed E-state index contributed by atoms with van der Waals surface area (Å²) in [4.78, 5) is 11.3. The van der Waals surface area contributed by atoms with E-state index < -0.39 is 0 Å². The first kappa shape index (κ1) is 11.7.